The molecule has 0 saturated heterocycles. The van der Waals surface area contributed by atoms with Gasteiger partial charge in [0.15, 0.2) is 0 Å². The first-order chi connectivity index (χ1) is 16.1. The maximum absolute atomic E-state index is 14.6. The summed E-state index contributed by atoms with van der Waals surface area (Å²) in [4.78, 5) is 27.8. The first kappa shape index (κ1) is 27.3. The van der Waals surface area contributed by atoms with Crippen LogP contribution in [-0.4, -0.2) is 62.7 Å². The molecule has 186 valence electrons. The summed E-state index contributed by atoms with van der Waals surface area (Å²) < 4.78 is 42.4. The minimum atomic E-state index is -4.20. The van der Waals surface area contributed by atoms with Gasteiger partial charge in [-0.25, -0.2) is 8.70 Å². The number of hydrogen-bond acceptors (Lipinski definition) is 4. The number of amides is 2. The molecular formula is C24H33FN4O4S. The molecule has 34 heavy (non-hydrogen) atoms. The minimum Gasteiger partial charge on any atom is -0.354 e. The molecule has 8 nitrogen and oxygen atoms in total. The molecule has 0 aliphatic heterocycles. The van der Waals surface area contributed by atoms with Gasteiger partial charge in [0.05, 0.1) is 5.69 Å². The molecule has 2 amide bonds. The lowest BCUT2D eigenvalue weighted by Crippen LogP contribution is -2.53. The second-order valence-electron chi connectivity index (χ2n) is 7.97. The summed E-state index contributed by atoms with van der Waals surface area (Å²) in [5.41, 5.74) is 0.540. The van der Waals surface area contributed by atoms with Crippen molar-refractivity contribution in [3.05, 3.63) is 66.0 Å². The van der Waals surface area contributed by atoms with Gasteiger partial charge in [-0.15, -0.1) is 0 Å². The van der Waals surface area contributed by atoms with Crippen LogP contribution < -0.4 is 9.62 Å². The van der Waals surface area contributed by atoms with Crippen molar-refractivity contribution in [2.24, 2.45) is 0 Å². The summed E-state index contributed by atoms with van der Waals surface area (Å²) in [5.74, 6) is -1.71. The molecule has 0 saturated carbocycles. The van der Waals surface area contributed by atoms with Crippen molar-refractivity contribution in [2.75, 3.05) is 31.5 Å². The maximum Gasteiger partial charge on any atom is 0.304 e. The van der Waals surface area contributed by atoms with Crippen LogP contribution >= 0.6 is 0 Å². The SMILES string of the molecule is CCCNC(=O)[C@@H](CC)N(Cc1ccccc1)C(=O)CN(c1ccccc1F)S(=O)(=O)N(C)C. The van der Waals surface area contributed by atoms with E-state index >= 15 is 0 Å². The number of benzene rings is 2. The largest absolute Gasteiger partial charge is 0.354 e. The lowest BCUT2D eigenvalue weighted by molar-refractivity contribution is -0.140. The third kappa shape index (κ3) is 6.77. The van der Waals surface area contributed by atoms with Crippen LogP contribution in [0.1, 0.15) is 32.3 Å². The van der Waals surface area contributed by atoms with Crippen molar-refractivity contribution in [3.8, 4) is 0 Å². The molecule has 0 aliphatic carbocycles. The standard InChI is InChI=1S/C24H33FN4O4S/c1-5-16-26-24(31)21(6-2)28(17-19-12-8-7-9-13-19)23(30)18-29(34(32,33)27(3)4)22-15-11-10-14-20(22)25/h7-15,21H,5-6,16-18H2,1-4H3,(H,26,31)/t21-/m1/s1. The van der Waals surface area contributed by atoms with Crippen LogP contribution in [0.2, 0.25) is 0 Å². The van der Waals surface area contributed by atoms with Crippen molar-refractivity contribution in [2.45, 2.75) is 39.3 Å². The zero-order valence-corrected chi connectivity index (χ0v) is 20.9. The van der Waals surface area contributed by atoms with Gasteiger partial charge in [0.1, 0.15) is 18.4 Å². The molecule has 0 unspecified atom stereocenters. The van der Waals surface area contributed by atoms with E-state index in [2.05, 4.69) is 5.32 Å². The van der Waals surface area contributed by atoms with E-state index in [4.69, 9.17) is 0 Å². The van der Waals surface area contributed by atoms with E-state index in [0.29, 0.717) is 13.0 Å². The van der Waals surface area contributed by atoms with Gasteiger partial charge < -0.3 is 10.2 Å². The van der Waals surface area contributed by atoms with Gasteiger partial charge in [-0.05, 0) is 30.5 Å². The molecule has 0 radical (unpaired) electrons. The number of rotatable bonds is 12. The highest BCUT2D eigenvalue weighted by Gasteiger charge is 2.34. The van der Waals surface area contributed by atoms with Crippen molar-refractivity contribution in [1.29, 1.82) is 0 Å². The summed E-state index contributed by atoms with van der Waals surface area (Å²) in [5, 5.41) is 2.81. The second-order valence-corrected chi connectivity index (χ2v) is 10.0. The average molecular weight is 493 g/mol. The molecule has 2 aromatic carbocycles. The fourth-order valence-electron chi connectivity index (χ4n) is 3.42. The second kappa shape index (κ2) is 12.5. The Balaban J connectivity index is 2.48. The van der Waals surface area contributed by atoms with Gasteiger partial charge in [0.2, 0.25) is 11.8 Å². The van der Waals surface area contributed by atoms with Crippen molar-refractivity contribution in [1.82, 2.24) is 14.5 Å². The summed E-state index contributed by atoms with van der Waals surface area (Å²) in [6.07, 6.45) is 1.06. The number of carbonyl (C=O) groups excluding carboxylic acids is 2. The lowest BCUT2D eigenvalue weighted by atomic mass is 10.1. The van der Waals surface area contributed by atoms with Gasteiger partial charge in [0, 0.05) is 27.2 Å². The smallest absolute Gasteiger partial charge is 0.304 e. The zero-order valence-electron chi connectivity index (χ0n) is 20.1. The lowest BCUT2D eigenvalue weighted by Gasteiger charge is -2.34. The molecule has 10 heteroatoms. The van der Waals surface area contributed by atoms with Crippen molar-refractivity contribution in [3.63, 3.8) is 0 Å². The highest BCUT2D eigenvalue weighted by Crippen LogP contribution is 2.24. The molecule has 0 spiro atoms. The van der Waals surface area contributed by atoms with Crippen LogP contribution in [0.5, 0.6) is 0 Å². The fraction of sp³-hybridized carbons (Fsp3) is 0.417. The molecular weight excluding hydrogens is 459 g/mol. The van der Waals surface area contributed by atoms with E-state index in [-0.39, 0.29) is 18.1 Å². The minimum absolute atomic E-state index is 0.102. The van der Waals surface area contributed by atoms with Gasteiger partial charge in [-0.3, -0.25) is 9.59 Å². The van der Waals surface area contributed by atoms with E-state index in [1.165, 1.54) is 37.2 Å². The predicted octanol–water partition coefficient (Wildman–Crippen LogP) is 2.77. The average Bonchev–Trinajstić information content (AvgIpc) is 2.81. The summed E-state index contributed by atoms with van der Waals surface area (Å²) in [6.45, 7) is 3.61. The highest BCUT2D eigenvalue weighted by atomic mass is 32.2. The maximum atomic E-state index is 14.6. The molecule has 0 heterocycles. The van der Waals surface area contributed by atoms with Gasteiger partial charge in [0.25, 0.3) is 0 Å². The van der Waals surface area contributed by atoms with Crippen LogP contribution in [0.3, 0.4) is 0 Å². The predicted molar refractivity (Wildman–Crippen MR) is 131 cm³/mol. The molecule has 1 N–H and O–H groups in total. The Labute approximate surface area is 201 Å². The molecule has 1 atom stereocenters. The Morgan fingerprint density at radius 2 is 1.62 bits per heavy atom. The summed E-state index contributed by atoms with van der Waals surface area (Å²) in [7, 11) is -1.59. The van der Waals surface area contributed by atoms with Crippen molar-refractivity contribution < 1.29 is 22.4 Å². The van der Waals surface area contributed by atoms with Crippen LogP contribution in [0, 0.1) is 5.82 Å². The van der Waals surface area contributed by atoms with E-state index in [1.807, 2.05) is 37.3 Å². The summed E-state index contributed by atoms with van der Waals surface area (Å²) >= 11 is 0. The number of nitrogens with zero attached hydrogens (tertiary/aromatic N) is 3. The van der Waals surface area contributed by atoms with Crippen LogP contribution in [0.15, 0.2) is 54.6 Å². The topological polar surface area (TPSA) is 90.0 Å². The van der Waals surface area contributed by atoms with Gasteiger partial charge >= 0.3 is 10.2 Å². The Hall–Kier alpha value is -2.98. The zero-order chi connectivity index (χ0) is 25.3. The van der Waals surface area contributed by atoms with E-state index < -0.39 is 34.5 Å². The highest BCUT2D eigenvalue weighted by molar-refractivity contribution is 7.90. The Bertz CT molecular complexity index is 1060. The van der Waals surface area contributed by atoms with Crippen LogP contribution in [-0.2, 0) is 26.3 Å². The Morgan fingerprint density at radius 1 is 1.00 bits per heavy atom. The molecule has 0 aliphatic rings. The number of hydrogen-bond donors (Lipinski definition) is 1. The first-order valence-corrected chi connectivity index (χ1v) is 12.6. The molecule has 0 bridgehead atoms. The number of halogens is 1. The van der Waals surface area contributed by atoms with E-state index in [1.54, 1.807) is 6.92 Å². The Morgan fingerprint density at radius 3 is 2.18 bits per heavy atom. The summed E-state index contributed by atoms with van der Waals surface area (Å²) in [6, 6.07) is 13.7. The number of anilines is 1. The van der Waals surface area contributed by atoms with Gasteiger partial charge in [-0.1, -0.05) is 56.3 Å². The normalized spacial score (nSPS) is 12.3. The third-order valence-corrected chi connectivity index (χ3v) is 7.08. The fourth-order valence-corrected chi connectivity index (χ4v) is 4.49. The third-order valence-electron chi connectivity index (χ3n) is 5.27. The number of nitrogens with one attached hydrogen (secondary N) is 1. The molecule has 0 fully saturated rings. The quantitative estimate of drug-likeness (QED) is 0.493. The van der Waals surface area contributed by atoms with Gasteiger partial charge in [-0.2, -0.15) is 12.7 Å². The number of para-hydroxylation sites is 1. The Kier molecular flexibility index (Phi) is 10.0. The van der Waals surface area contributed by atoms with E-state index in [9.17, 15) is 22.4 Å². The molecule has 0 aromatic heterocycles. The monoisotopic (exact) mass is 492 g/mol. The number of carbonyl (C=O) groups is 2. The molecule has 2 aromatic rings. The van der Waals surface area contributed by atoms with E-state index in [0.717, 1.165) is 26.7 Å². The van der Waals surface area contributed by atoms with Crippen LogP contribution in [0.25, 0.3) is 0 Å². The first-order valence-electron chi connectivity index (χ1n) is 11.2. The van der Waals surface area contributed by atoms with Crippen molar-refractivity contribution >= 4 is 27.7 Å². The van der Waals surface area contributed by atoms with Crippen LogP contribution in [0.4, 0.5) is 10.1 Å². The molecule has 2 rings (SSSR count).